The van der Waals surface area contributed by atoms with Gasteiger partial charge in [-0.2, -0.15) is 21.6 Å². The molecule has 32 heavy (non-hydrogen) atoms. The molecule has 0 bridgehead atoms. The standard InChI is InChI=1S/C19H21F3N2O7S/c1-18(2,3)31-17(28)11-7-8-12-13(10-11)16(27)24(15(12)26)9-5-4-6-14(25)23-32(29,30)19(20,21)22/h7-8,10H,4-6,9H2,1-3H3,(H,23,25). The summed E-state index contributed by atoms with van der Waals surface area (Å²) in [7, 11) is -5.78. The fraction of sp³-hybridized carbons (Fsp3) is 0.474. The van der Waals surface area contributed by atoms with E-state index >= 15 is 0 Å². The highest BCUT2D eigenvalue weighted by atomic mass is 32.2. The maximum absolute atomic E-state index is 12.6. The zero-order valence-electron chi connectivity index (χ0n) is 17.4. The Kier molecular flexibility index (Phi) is 7.02. The normalized spacial score (nSPS) is 14.4. The topological polar surface area (TPSA) is 127 Å². The fourth-order valence-corrected chi connectivity index (χ4v) is 3.29. The van der Waals surface area contributed by atoms with Crippen molar-refractivity contribution in [3.63, 3.8) is 0 Å². The van der Waals surface area contributed by atoms with Crippen molar-refractivity contribution in [2.75, 3.05) is 6.54 Å². The summed E-state index contributed by atoms with van der Waals surface area (Å²) in [6.07, 6.45) is -0.582. The number of hydrogen-bond donors (Lipinski definition) is 1. The quantitative estimate of drug-likeness (QED) is 0.362. The molecule has 1 aromatic rings. The first-order chi connectivity index (χ1) is 14.5. The molecule has 0 aromatic heterocycles. The molecule has 0 radical (unpaired) electrons. The largest absolute Gasteiger partial charge is 0.516 e. The van der Waals surface area contributed by atoms with Crippen LogP contribution in [0.3, 0.4) is 0 Å². The van der Waals surface area contributed by atoms with E-state index in [2.05, 4.69) is 0 Å². The Morgan fingerprint density at radius 2 is 1.62 bits per heavy atom. The third-order valence-electron chi connectivity index (χ3n) is 4.19. The molecule has 0 saturated carbocycles. The first-order valence-electron chi connectivity index (χ1n) is 9.39. The van der Waals surface area contributed by atoms with Crippen LogP contribution >= 0.6 is 0 Å². The fourth-order valence-electron chi connectivity index (χ4n) is 2.77. The molecule has 1 aliphatic heterocycles. The number of esters is 1. The number of alkyl halides is 3. The van der Waals surface area contributed by atoms with E-state index in [0.29, 0.717) is 0 Å². The van der Waals surface area contributed by atoms with Gasteiger partial charge in [0, 0.05) is 13.0 Å². The van der Waals surface area contributed by atoms with E-state index in [-0.39, 0.29) is 36.1 Å². The number of ether oxygens (including phenoxy) is 1. The molecule has 1 N–H and O–H groups in total. The van der Waals surface area contributed by atoms with Gasteiger partial charge in [-0.25, -0.2) is 9.52 Å². The van der Waals surface area contributed by atoms with Gasteiger partial charge in [-0.3, -0.25) is 19.3 Å². The number of carbonyl (C=O) groups excluding carboxylic acids is 4. The Morgan fingerprint density at radius 1 is 1.03 bits per heavy atom. The third kappa shape index (κ3) is 5.84. The van der Waals surface area contributed by atoms with Gasteiger partial charge in [0.05, 0.1) is 16.7 Å². The maximum Gasteiger partial charge on any atom is 0.516 e. The van der Waals surface area contributed by atoms with Crippen LogP contribution in [0.15, 0.2) is 18.2 Å². The summed E-state index contributed by atoms with van der Waals surface area (Å²) < 4.78 is 64.6. The minimum Gasteiger partial charge on any atom is -0.456 e. The minimum absolute atomic E-state index is 0.00683. The zero-order valence-corrected chi connectivity index (χ0v) is 18.2. The molecule has 1 aliphatic rings. The molecule has 2 rings (SSSR count). The van der Waals surface area contributed by atoms with E-state index in [9.17, 15) is 40.8 Å². The SMILES string of the molecule is CC(C)(C)OC(=O)c1ccc2c(c1)C(=O)N(CCCCC(=O)NS(=O)(=O)C(F)(F)F)C2=O. The number of amides is 3. The third-order valence-corrected chi connectivity index (χ3v) is 5.30. The van der Waals surface area contributed by atoms with Crippen molar-refractivity contribution in [3.05, 3.63) is 34.9 Å². The average molecular weight is 478 g/mol. The Morgan fingerprint density at radius 3 is 2.19 bits per heavy atom. The number of imide groups is 1. The molecule has 1 aromatic carbocycles. The second kappa shape index (κ2) is 8.88. The van der Waals surface area contributed by atoms with E-state index in [1.807, 2.05) is 0 Å². The van der Waals surface area contributed by atoms with Crippen LogP contribution < -0.4 is 4.72 Å². The lowest BCUT2D eigenvalue weighted by Gasteiger charge is -2.19. The Balaban J connectivity index is 1.95. The average Bonchev–Trinajstić information content (AvgIpc) is 2.86. The Hall–Kier alpha value is -2.96. The Bertz CT molecular complexity index is 1060. The van der Waals surface area contributed by atoms with Gasteiger partial charge in [-0.05, 0) is 51.8 Å². The molecule has 0 atom stereocenters. The summed E-state index contributed by atoms with van der Waals surface area (Å²) in [6.45, 7) is 4.88. The molecular formula is C19H21F3N2O7S. The smallest absolute Gasteiger partial charge is 0.456 e. The molecule has 0 unspecified atom stereocenters. The molecule has 176 valence electrons. The van der Waals surface area contributed by atoms with Crippen LogP contribution in [0.2, 0.25) is 0 Å². The lowest BCUT2D eigenvalue weighted by atomic mass is 10.1. The van der Waals surface area contributed by atoms with Gasteiger partial charge >= 0.3 is 21.5 Å². The number of fused-ring (bicyclic) bond motifs is 1. The number of unbranched alkanes of at least 4 members (excludes halogenated alkanes) is 1. The van der Waals surface area contributed by atoms with E-state index in [4.69, 9.17) is 4.74 Å². The lowest BCUT2D eigenvalue weighted by Crippen LogP contribution is -2.40. The highest BCUT2D eigenvalue weighted by Gasteiger charge is 2.46. The highest BCUT2D eigenvalue weighted by molar-refractivity contribution is 7.90. The Labute approximate surface area is 181 Å². The summed E-state index contributed by atoms with van der Waals surface area (Å²) in [4.78, 5) is 49.5. The number of hydrogen-bond acceptors (Lipinski definition) is 7. The van der Waals surface area contributed by atoms with Crippen molar-refractivity contribution in [3.8, 4) is 0 Å². The molecule has 0 saturated heterocycles. The second-order valence-corrected chi connectivity index (χ2v) is 9.63. The van der Waals surface area contributed by atoms with Crippen LogP contribution in [0.1, 0.15) is 71.1 Å². The summed E-state index contributed by atoms with van der Waals surface area (Å²) in [5.74, 6) is -3.31. The predicted molar refractivity (Wildman–Crippen MR) is 104 cm³/mol. The van der Waals surface area contributed by atoms with Gasteiger partial charge in [0.1, 0.15) is 5.60 Å². The van der Waals surface area contributed by atoms with Crippen molar-refractivity contribution in [1.82, 2.24) is 9.62 Å². The molecule has 9 nitrogen and oxygen atoms in total. The van der Waals surface area contributed by atoms with Crippen LogP contribution in [0.5, 0.6) is 0 Å². The van der Waals surface area contributed by atoms with Crippen molar-refractivity contribution in [1.29, 1.82) is 0 Å². The number of halogens is 3. The number of sulfonamides is 1. The molecule has 1 heterocycles. The van der Waals surface area contributed by atoms with Gasteiger partial charge in [0.15, 0.2) is 0 Å². The molecule has 0 aliphatic carbocycles. The highest BCUT2D eigenvalue weighted by Crippen LogP contribution is 2.26. The van der Waals surface area contributed by atoms with E-state index in [1.165, 1.54) is 18.2 Å². The molecule has 3 amide bonds. The number of carbonyl (C=O) groups is 4. The zero-order chi connectivity index (χ0) is 24.5. The van der Waals surface area contributed by atoms with Crippen LogP contribution in [0.4, 0.5) is 13.2 Å². The van der Waals surface area contributed by atoms with Crippen molar-refractivity contribution >= 4 is 33.7 Å². The first kappa shape index (κ1) is 25.3. The van der Waals surface area contributed by atoms with E-state index in [1.54, 1.807) is 20.8 Å². The van der Waals surface area contributed by atoms with Crippen LogP contribution in [0.25, 0.3) is 0 Å². The van der Waals surface area contributed by atoms with Gasteiger partial charge in [0.2, 0.25) is 5.91 Å². The number of nitrogens with one attached hydrogen (secondary N) is 1. The van der Waals surface area contributed by atoms with Crippen molar-refractivity contribution in [2.24, 2.45) is 0 Å². The molecular weight excluding hydrogens is 457 g/mol. The van der Waals surface area contributed by atoms with Gasteiger partial charge in [-0.1, -0.05) is 0 Å². The summed E-state index contributed by atoms with van der Waals surface area (Å²) in [5, 5.41) is 0. The molecule has 0 fully saturated rings. The van der Waals surface area contributed by atoms with Crippen LogP contribution in [-0.4, -0.2) is 54.7 Å². The van der Waals surface area contributed by atoms with Gasteiger partial charge in [-0.15, -0.1) is 0 Å². The second-order valence-electron chi connectivity index (χ2n) is 7.96. The van der Waals surface area contributed by atoms with Crippen LogP contribution in [0, 0.1) is 0 Å². The minimum atomic E-state index is -5.78. The van der Waals surface area contributed by atoms with Gasteiger partial charge < -0.3 is 4.74 Å². The van der Waals surface area contributed by atoms with E-state index in [0.717, 1.165) is 9.62 Å². The van der Waals surface area contributed by atoms with Crippen LogP contribution in [-0.2, 0) is 19.6 Å². The first-order valence-corrected chi connectivity index (χ1v) is 10.9. The summed E-state index contributed by atoms with van der Waals surface area (Å²) in [6, 6.07) is 3.93. The lowest BCUT2D eigenvalue weighted by molar-refractivity contribution is -0.120. The predicted octanol–water partition coefficient (Wildman–Crippen LogP) is 2.37. The van der Waals surface area contributed by atoms with E-state index < -0.39 is 51.2 Å². The molecule has 13 heteroatoms. The van der Waals surface area contributed by atoms with Crippen molar-refractivity contribution in [2.45, 2.75) is 51.1 Å². The number of nitrogens with zero attached hydrogens (tertiary/aromatic N) is 1. The maximum atomic E-state index is 12.6. The number of rotatable bonds is 7. The molecule has 0 spiro atoms. The number of benzene rings is 1. The van der Waals surface area contributed by atoms with Crippen molar-refractivity contribution < 1.29 is 45.5 Å². The summed E-state index contributed by atoms with van der Waals surface area (Å²) in [5.41, 5.74) is -6.19. The monoisotopic (exact) mass is 478 g/mol. The van der Waals surface area contributed by atoms with Gasteiger partial charge in [0.25, 0.3) is 11.8 Å². The summed E-state index contributed by atoms with van der Waals surface area (Å²) >= 11 is 0.